The molecule has 130 valence electrons. The third kappa shape index (κ3) is 3.54. The molecule has 2 heterocycles. The number of carbonyl (C=O) groups excluding carboxylic acids is 2. The summed E-state index contributed by atoms with van der Waals surface area (Å²) in [6.07, 6.45) is 1.59. The van der Waals surface area contributed by atoms with Gasteiger partial charge in [0.05, 0.1) is 16.7 Å². The molecule has 3 amide bonds. The number of aromatic nitrogens is 2. The Hall–Kier alpha value is -2.32. The lowest BCUT2D eigenvalue weighted by Crippen LogP contribution is -2.35. The minimum atomic E-state index is -0.396. The van der Waals surface area contributed by atoms with Gasteiger partial charge in [0.25, 0.3) is 5.56 Å². The number of carbonyl (C=O) groups is 2. The number of benzene rings is 1. The zero-order valence-corrected chi connectivity index (χ0v) is 14.8. The molecule has 0 atom stereocenters. The van der Waals surface area contributed by atoms with Gasteiger partial charge in [-0.2, -0.15) is 0 Å². The van der Waals surface area contributed by atoms with Gasteiger partial charge in [-0.25, -0.2) is 9.78 Å². The van der Waals surface area contributed by atoms with Gasteiger partial charge in [-0.1, -0.05) is 29.4 Å². The zero-order valence-electron chi connectivity index (χ0n) is 13.2. The van der Waals surface area contributed by atoms with Crippen LogP contribution in [0.15, 0.2) is 40.8 Å². The zero-order chi connectivity index (χ0) is 18.0. The summed E-state index contributed by atoms with van der Waals surface area (Å²) in [6.45, 7) is 4.72. The van der Waals surface area contributed by atoms with E-state index < -0.39 is 6.03 Å². The quantitative estimate of drug-likeness (QED) is 0.488. The molecule has 25 heavy (non-hydrogen) atoms. The summed E-state index contributed by atoms with van der Waals surface area (Å²) in [5, 5.41) is 3.88. The van der Waals surface area contributed by atoms with Crippen molar-refractivity contribution in [2.45, 2.75) is 11.7 Å². The lowest BCUT2D eigenvalue weighted by atomic mass is 10.2. The molecule has 1 aliphatic heterocycles. The average Bonchev–Trinajstić information content (AvgIpc) is 3.01. The Balaban J connectivity index is 1.92. The van der Waals surface area contributed by atoms with Crippen LogP contribution in [-0.2, 0) is 11.3 Å². The molecular weight excluding hydrogens is 364 g/mol. The van der Waals surface area contributed by atoms with Crippen molar-refractivity contribution in [2.75, 3.05) is 18.8 Å². The fraction of sp³-hybridized carbons (Fsp3) is 0.250. The molecule has 0 aliphatic carbocycles. The molecule has 0 unspecified atom stereocenters. The Morgan fingerprint density at radius 3 is 2.92 bits per heavy atom. The number of allylic oxidation sites excluding steroid dienone is 1. The second-order valence-corrected chi connectivity index (χ2v) is 6.71. The van der Waals surface area contributed by atoms with Crippen molar-refractivity contribution in [3.63, 3.8) is 0 Å². The predicted molar refractivity (Wildman–Crippen MR) is 97.0 cm³/mol. The molecule has 2 aromatic rings. The number of rotatable bonds is 5. The number of nitrogens with one attached hydrogen (secondary N) is 1. The SMILES string of the molecule is C=CCn1c(SCC(=O)N2CCNC2=O)nc2cc(Cl)ccc2c1=O. The van der Waals surface area contributed by atoms with Crippen LogP contribution in [0.4, 0.5) is 4.79 Å². The number of imide groups is 1. The van der Waals surface area contributed by atoms with E-state index in [9.17, 15) is 14.4 Å². The van der Waals surface area contributed by atoms with Crippen LogP contribution in [0.1, 0.15) is 0 Å². The van der Waals surface area contributed by atoms with Gasteiger partial charge < -0.3 is 5.32 Å². The molecular formula is C16H15ClN4O3S. The Morgan fingerprint density at radius 1 is 1.44 bits per heavy atom. The third-order valence-corrected chi connectivity index (χ3v) is 4.87. The molecule has 0 saturated carbocycles. The lowest BCUT2D eigenvalue weighted by Gasteiger charge is -2.14. The number of fused-ring (bicyclic) bond motifs is 1. The standard InChI is InChI=1S/C16H15ClN4O3S/c1-2-6-21-14(23)11-4-3-10(17)8-12(11)19-16(21)25-9-13(22)20-7-5-18-15(20)24/h2-4,8H,1,5-7,9H2,(H,18,24). The monoisotopic (exact) mass is 378 g/mol. The predicted octanol–water partition coefficient (Wildman–Crippen LogP) is 1.88. The number of amides is 3. The Kier molecular flexibility index (Phi) is 5.10. The van der Waals surface area contributed by atoms with Crippen molar-refractivity contribution in [2.24, 2.45) is 0 Å². The molecule has 0 spiro atoms. The first-order valence-corrected chi connectivity index (χ1v) is 8.89. The molecule has 3 rings (SSSR count). The summed E-state index contributed by atoms with van der Waals surface area (Å²) in [5.74, 6) is -0.325. The third-order valence-electron chi connectivity index (χ3n) is 3.68. The van der Waals surface area contributed by atoms with Crippen LogP contribution in [0.5, 0.6) is 0 Å². The molecule has 1 aromatic carbocycles. The largest absolute Gasteiger partial charge is 0.336 e. The van der Waals surface area contributed by atoms with Crippen molar-refractivity contribution in [3.05, 3.63) is 46.2 Å². The molecule has 9 heteroatoms. The number of hydrogen-bond donors (Lipinski definition) is 1. The summed E-state index contributed by atoms with van der Waals surface area (Å²) in [4.78, 5) is 42.0. The van der Waals surface area contributed by atoms with Crippen molar-refractivity contribution < 1.29 is 9.59 Å². The van der Waals surface area contributed by atoms with E-state index in [4.69, 9.17) is 11.6 Å². The van der Waals surface area contributed by atoms with Crippen LogP contribution < -0.4 is 10.9 Å². The van der Waals surface area contributed by atoms with Crippen molar-refractivity contribution in [1.82, 2.24) is 19.8 Å². The van der Waals surface area contributed by atoms with Crippen LogP contribution in [0, 0.1) is 0 Å². The molecule has 7 nitrogen and oxygen atoms in total. The Labute approximate surface area is 152 Å². The van der Waals surface area contributed by atoms with Crippen LogP contribution in [-0.4, -0.2) is 45.2 Å². The van der Waals surface area contributed by atoms with Crippen molar-refractivity contribution in [3.8, 4) is 0 Å². The molecule has 0 bridgehead atoms. The first-order chi connectivity index (χ1) is 12.0. The van der Waals surface area contributed by atoms with Gasteiger partial charge in [-0.05, 0) is 18.2 Å². The van der Waals surface area contributed by atoms with Gasteiger partial charge >= 0.3 is 6.03 Å². The average molecular weight is 379 g/mol. The fourth-order valence-corrected chi connectivity index (χ4v) is 3.54. The minimum absolute atomic E-state index is 0.00305. The van der Waals surface area contributed by atoms with Crippen LogP contribution in [0.2, 0.25) is 5.02 Å². The van der Waals surface area contributed by atoms with E-state index in [1.807, 2.05) is 0 Å². The van der Waals surface area contributed by atoms with E-state index >= 15 is 0 Å². The molecule has 1 aliphatic rings. The second kappa shape index (κ2) is 7.28. The second-order valence-electron chi connectivity index (χ2n) is 5.33. The van der Waals surface area contributed by atoms with Gasteiger partial charge in [0, 0.05) is 24.7 Å². The summed E-state index contributed by atoms with van der Waals surface area (Å²) >= 11 is 7.09. The minimum Gasteiger partial charge on any atom is -0.336 e. The number of thioether (sulfide) groups is 1. The maximum Gasteiger partial charge on any atom is 0.324 e. The van der Waals surface area contributed by atoms with Crippen LogP contribution in [0.25, 0.3) is 10.9 Å². The van der Waals surface area contributed by atoms with E-state index in [2.05, 4.69) is 16.9 Å². The first kappa shape index (κ1) is 17.5. The van der Waals surface area contributed by atoms with Gasteiger partial charge in [-0.3, -0.25) is 19.1 Å². The molecule has 0 radical (unpaired) electrons. The summed E-state index contributed by atoms with van der Waals surface area (Å²) in [5.41, 5.74) is 0.238. The lowest BCUT2D eigenvalue weighted by molar-refractivity contribution is -0.124. The first-order valence-electron chi connectivity index (χ1n) is 7.53. The van der Waals surface area contributed by atoms with Crippen molar-refractivity contribution in [1.29, 1.82) is 0 Å². The van der Waals surface area contributed by atoms with Crippen LogP contribution >= 0.6 is 23.4 Å². The number of halogens is 1. The van der Waals surface area contributed by atoms with E-state index in [0.29, 0.717) is 34.2 Å². The highest BCUT2D eigenvalue weighted by Gasteiger charge is 2.26. The topological polar surface area (TPSA) is 84.3 Å². The maximum atomic E-state index is 12.7. The van der Waals surface area contributed by atoms with E-state index in [1.54, 1.807) is 24.3 Å². The Bertz CT molecular complexity index is 927. The van der Waals surface area contributed by atoms with Gasteiger partial charge in [-0.15, -0.1) is 6.58 Å². The molecule has 1 N–H and O–H groups in total. The summed E-state index contributed by atoms with van der Waals surface area (Å²) in [6, 6.07) is 4.47. The normalized spacial score (nSPS) is 14.0. The van der Waals surface area contributed by atoms with Gasteiger partial charge in [0.1, 0.15) is 0 Å². The highest BCUT2D eigenvalue weighted by Crippen LogP contribution is 2.21. The highest BCUT2D eigenvalue weighted by atomic mass is 35.5. The Morgan fingerprint density at radius 2 is 2.24 bits per heavy atom. The van der Waals surface area contributed by atoms with Gasteiger partial charge in [0.15, 0.2) is 5.16 Å². The highest BCUT2D eigenvalue weighted by molar-refractivity contribution is 7.99. The van der Waals surface area contributed by atoms with Crippen molar-refractivity contribution >= 4 is 46.2 Å². The molecule has 1 fully saturated rings. The van der Waals surface area contributed by atoms with E-state index in [1.165, 1.54) is 4.57 Å². The summed E-state index contributed by atoms with van der Waals surface area (Å²) in [7, 11) is 0. The number of urea groups is 1. The fourth-order valence-electron chi connectivity index (χ4n) is 2.49. The number of nitrogens with zero attached hydrogens (tertiary/aromatic N) is 3. The molecule has 1 saturated heterocycles. The number of hydrogen-bond acceptors (Lipinski definition) is 5. The molecule has 1 aromatic heterocycles. The summed E-state index contributed by atoms with van der Waals surface area (Å²) < 4.78 is 1.45. The smallest absolute Gasteiger partial charge is 0.324 e. The van der Waals surface area contributed by atoms with E-state index in [-0.39, 0.29) is 23.8 Å². The maximum absolute atomic E-state index is 12.7. The van der Waals surface area contributed by atoms with E-state index in [0.717, 1.165) is 16.7 Å². The van der Waals surface area contributed by atoms with Crippen LogP contribution in [0.3, 0.4) is 0 Å². The van der Waals surface area contributed by atoms with Gasteiger partial charge in [0.2, 0.25) is 5.91 Å².